The first-order valence-corrected chi connectivity index (χ1v) is 11.0. The van der Waals surface area contributed by atoms with E-state index in [2.05, 4.69) is 19.9 Å². The van der Waals surface area contributed by atoms with Crippen molar-refractivity contribution in [3.05, 3.63) is 56.0 Å². The van der Waals surface area contributed by atoms with Crippen LogP contribution < -0.4 is 16.0 Å². The summed E-state index contributed by atoms with van der Waals surface area (Å²) >= 11 is 6.06. The van der Waals surface area contributed by atoms with Crippen molar-refractivity contribution in [2.75, 3.05) is 31.1 Å². The zero-order valence-corrected chi connectivity index (χ0v) is 18.4. The van der Waals surface area contributed by atoms with Crippen LogP contribution in [0.4, 0.5) is 10.3 Å². The topological polar surface area (TPSA) is 89.2 Å². The summed E-state index contributed by atoms with van der Waals surface area (Å²) in [6.07, 6.45) is 5.65. The number of piperidine rings is 1. The fraction of sp³-hybridized carbons (Fsp3) is 0.476. The van der Waals surface area contributed by atoms with E-state index in [1.54, 1.807) is 25.5 Å². The maximum Gasteiger partial charge on any atom is 0.318 e. The summed E-state index contributed by atoms with van der Waals surface area (Å²) in [7, 11) is 1.55. The Balaban J connectivity index is 1.32. The number of hydrogen-bond donors (Lipinski definition) is 0. The standard InChI is InChI=1S/C21H23ClFN7O2/c1-27-17-6-14(22)9-24-18(17)30(20(32)19(27)31)16-2-4-29(5-3-16)21-25-7-13(8-26-21)10-28-11-15(23)12-28/h6-9,15-16H,2-5,10-12H2,1H3. The van der Waals surface area contributed by atoms with Gasteiger partial charge in [-0.1, -0.05) is 11.6 Å². The number of anilines is 1. The quantitative estimate of drug-likeness (QED) is 0.546. The van der Waals surface area contributed by atoms with E-state index in [-0.39, 0.29) is 6.04 Å². The van der Waals surface area contributed by atoms with Crippen LogP contribution in [-0.4, -0.2) is 61.3 Å². The van der Waals surface area contributed by atoms with Crippen molar-refractivity contribution in [2.24, 2.45) is 7.05 Å². The van der Waals surface area contributed by atoms with Crippen molar-refractivity contribution in [3.8, 4) is 0 Å². The van der Waals surface area contributed by atoms with Gasteiger partial charge in [0.2, 0.25) is 5.95 Å². The molecule has 11 heteroatoms. The maximum atomic E-state index is 13.0. The predicted molar refractivity (Wildman–Crippen MR) is 119 cm³/mol. The van der Waals surface area contributed by atoms with Gasteiger partial charge in [-0.15, -0.1) is 0 Å². The Kier molecular flexibility index (Phi) is 5.42. The molecule has 0 amide bonds. The van der Waals surface area contributed by atoms with Gasteiger partial charge in [-0.05, 0) is 18.9 Å². The summed E-state index contributed by atoms with van der Waals surface area (Å²) in [5, 5.41) is 0.409. The first-order valence-electron chi connectivity index (χ1n) is 10.6. The molecule has 0 spiro atoms. The van der Waals surface area contributed by atoms with Gasteiger partial charge in [0.25, 0.3) is 0 Å². The van der Waals surface area contributed by atoms with Crippen molar-refractivity contribution in [1.29, 1.82) is 0 Å². The highest BCUT2D eigenvalue weighted by atomic mass is 35.5. The van der Waals surface area contributed by atoms with Gasteiger partial charge in [-0.3, -0.25) is 19.1 Å². The average Bonchev–Trinajstić information content (AvgIpc) is 2.78. The molecule has 32 heavy (non-hydrogen) atoms. The molecule has 0 N–H and O–H groups in total. The van der Waals surface area contributed by atoms with Crippen molar-refractivity contribution in [3.63, 3.8) is 0 Å². The summed E-state index contributed by atoms with van der Waals surface area (Å²) in [4.78, 5) is 42.7. The molecule has 5 heterocycles. The summed E-state index contributed by atoms with van der Waals surface area (Å²) in [6.45, 7) is 2.88. The van der Waals surface area contributed by atoms with Crippen LogP contribution in [0.5, 0.6) is 0 Å². The van der Waals surface area contributed by atoms with E-state index in [4.69, 9.17) is 11.6 Å². The van der Waals surface area contributed by atoms with E-state index in [1.165, 1.54) is 15.3 Å². The third-order valence-corrected chi connectivity index (χ3v) is 6.44. The molecular formula is C21H23ClFN7O2. The van der Waals surface area contributed by atoms with Crippen LogP contribution in [0.25, 0.3) is 11.2 Å². The fourth-order valence-electron chi connectivity index (χ4n) is 4.46. The van der Waals surface area contributed by atoms with E-state index in [1.807, 2.05) is 4.90 Å². The van der Waals surface area contributed by atoms with Gasteiger partial charge >= 0.3 is 11.1 Å². The highest BCUT2D eigenvalue weighted by Gasteiger charge is 2.27. The Morgan fingerprint density at radius 3 is 2.41 bits per heavy atom. The molecule has 0 aliphatic carbocycles. The lowest BCUT2D eigenvalue weighted by Crippen LogP contribution is -2.47. The van der Waals surface area contributed by atoms with Crippen molar-refractivity contribution >= 4 is 28.7 Å². The lowest BCUT2D eigenvalue weighted by atomic mass is 10.0. The molecule has 9 nitrogen and oxygen atoms in total. The summed E-state index contributed by atoms with van der Waals surface area (Å²) in [5.74, 6) is 0.630. The Morgan fingerprint density at radius 2 is 1.75 bits per heavy atom. The van der Waals surface area contributed by atoms with Crippen LogP contribution in [-0.2, 0) is 13.6 Å². The first-order chi connectivity index (χ1) is 15.4. The lowest BCUT2D eigenvalue weighted by Gasteiger charge is -2.34. The molecule has 0 aromatic carbocycles. The Morgan fingerprint density at radius 1 is 1.06 bits per heavy atom. The lowest BCUT2D eigenvalue weighted by molar-refractivity contribution is 0.0589. The largest absolute Gasteiger partial charge is 0.341 e. The number of aryl methyl sites for hydroxylation is 1. The zero-order chi connectivity index (χ0) is 22.4. The van der Waals surface area contributed by atoms with Crippen molar-refractivity contribution in [2.45, 2.75) is 31.6 Å². The second kappa shape index (κ2) is 8.25. The molecule has 2 aliphatic heterocycles. The Labute approximate surface area is 188 Å². The monoisotopic (exact) mass is 459 g/mol. The molecule has 168 valence electrons. The van der Waals surface area contributed by atoms with Crippen molar-refractivity contribution in [1.82, 2.24) is 29.0 Å². The number of fused-ring (bicyclic) bond motifs is 1. The van der Waals surface area contributed by atoms with Crippen LogP contribution >= 0.6 is 11.6 Å². The van der Waals surface area contributed by atoms with Gasteiger partial charge < -0.3 is 9.47 Å². The molecule has 0 bridgehead atoms. The number of aromatic nitrogens is 5. The number of hydrogen-bond acceptors (Lipinski definition) is 7. The second-order valence-corrected chi connectivity index (χ2v) is 8.87. The average molecular weight is 460 g/mol. The van der Waals surface area contributed by atoms with Crippen LogP contribution in [0.1, 0.15) is 24.4 Å². The van der Waals surface area contributed by atoms with E-state index < -0.39 is 17.3 Å². The molecule has 0 unspecified atom stereocenters. The summed E-state index contributed by atoms with van der Waals surface area (Å²) in [6, 6.07) is 1.50. The normalized spacial score (nSPS) is 18.3. The minimum Gasteiger partial charge on any atom is -0.341 e. The molecule has 0 atom stereocenters. The molecule has 3 aromatic rings. The number of halogens is 2. The number of pyridine rings is 1. The molecular weight excluding hydrogens is 437 g/mol. The summed E-state index contributed by atoms with van der Waals surface area (Å²) in [5.41, 5.74) is 0.782. The molecule has 2 saturated heterocycles. The summed E-state index contributed by atoms with van der Waals surface area (Å²) < 4.78 is 15.8. The molecule has 0 saturated carbocycles. The third kappa shape index (κ3) is 3.77. The van der Waals surface area contributed by atoms with E-state index in [0.717, 1.165) is 5.56 Å². The smallest absolute Gasteiger partial charge is 0.318 e. The Bertz CT molecular complexity index is 1260. The Hall–Kier alpha value is -2.85. The van der Waals surface area contributed by atoms with Gasteiger partial charge in [-0.2, -0.15) is 0 Å². The number of nitrogens with zero attached hydrogens (tertiary/aromatic N) is 7. The highest BCUT2D eigenvalue weighted by Crippen LogP contribution is 2.26. The van der Waals surface area contributed by atoms with Gasteiger partial charge in [0.15, 0.2) is 5.65 Å². The van der Waals surface area contributed by atoms with Crippen LogP contribution in [0.2, 0.25) is 5.02 Å². The first kappa shape index (κ1) is 21.0. The molecule has 2 fully saturated rings. The predicted octanol–water partition coefficient (Wildman–Crippen LogP) is 1.53. The second-order valence-electron chi connectivity index (χ2n) is 8.44. The van der Waals surface area contributed by atoms with Crippen LogP contribution in [0, 0.1) is 0 Å². The third-order valence-electron chi connectivity index (χ3n) is 6.23. The van der Waals surface area contributed by atoms with E-state index in [0.29, 0.717) is 67.7 Å². The van der Waals surface area contributed by atoms with E-state index >= 15 is 0 Å². The van der Waals surface area contributed by atoms with Crippen LogP contribution in [0.3, 0.4) is 0 Å². The minimum atomic E-state index is -0.724. The molecule has 2 aliphatic rings. The molecule has 5 rings (SSSR count). The van der Waals surface area contributed by atoms with Gasteiger partial charge in [0.1, 0.15) is 6.17 Å². The van der Waals surface area contributed by atoms with Crippen LogP contribution in [0.15, 0.2) is 34.2 Å². The minimum absolute atomic E-state index is 0.150. The SMILES string of the molecule is Cn1c(=O)c(=O)n(C2CCN(c3ncc(CN4CC(F)C4)cn3)CC2)c2ncc(Cl)cc21. The van der Waals surface area contributed by atoms with E-state index in [9.17, 15) is 14.0 Å². The fourth-order valence-corrected chi connectivity index (χ4v) is 4.61. The zero-order valence-electron chi connectivity index (χ0n) is 17.6. The number of rotatable bonds is 4. The molecule has 3 aromatic heterocycles. The molecule has 0 radical (unpaired) electrons. The van der Waals surface area contributed by atoms with Crippen molar-refractivity contribution < 1.29 is 4.39 Å². The number of alkyl halides is 1. The van der Waals surface area contributed by atoms with Gasteiger partial charge in [0, 0.05) is 70.0 Å². The maximum absolute atomic E-state index is 13.0. The highest BCUT2D eigenvalue weighted by molar-refractivity contribution is 6.31. The van der Waals surface area contributed by atoms with Gasteiger partial charge in [-0.25, -0.2) is 19.3 Å². The number of likely N-dealkylation sites (tertiary alicyclic amines) is 1. The van der Waals surface area contributed by atoms with Gasteiger partial charge in [0.05, 0.1) is 10.5 Å².